The minimum absolute atomic E-state index is 0.0140. The Bertz CT molecular complexity index is 982. The van der Waals surface area contributed by atoms with Gasteiger partial charge in [-0.05, 0) is 49.3 Å². The Morgan fingerprint density at radius 1 is 1.22 bits per heavy atom. The van der Waals surface area contributed by atoms with E-state index in [9.17, 15) is 0 Å². The van der Waals surface area contributed by atoms with Crippen molar-refractivity contribution in [2.75, 3.05) is 13.7 Å². The van der Waals surface area contributed by atoms with E-state index in [1.165, 1.54) is 16.5 Å². The van der Waals surface area contributed by atoms with Crippen molar-refractivity contribution in [2.45, 2.75) is 54.0 Å². The molecule has 0 amide bonds. The van der Waals surface area contributed by atoms with Crippen LogP contribution in [-0.4, -0.2) is 19.2 Å². The summed E-state index contributed by atoms with van der Waals surface area (Å²) in [4.78, 5) is 0. The Labute approximate surface area is 163 Å². The van der Waals surface area contributed by atoms with Crippen LogP contribution in [0.15, 0.2) is 42.4 Å². The molecule has 2 aliphatic rings. The minimum Gasteiger partial charge on any atom is -0.504 e. The zero-order valence-corrected chi connectivity index (χ0v) is 17.9. The fourth-order valence-electron chi connectivity index (χ4n) is 4.01. The lowest BCUT2D eigenvalue weighted by Gasteiger charge is -2.28. The number of hydrogen-bond acceptors (Lipinski definition) is 2. The van der Waals surface area contributed by atoms with Gasteiger partial charge in [0, 0.05) is 30.0 Å². The largest absolute Gasteiger partial charge is 0.504 e. The Morgan fingerprint density at radius 2 is 1.93 bits per heavy atom. The van der Waals surface area contributed by atoms with Gasteiger partial charge in [0.1, 0.15) is 18.1 Å². The fourth-order valence-corrected chi connectivity index (χ4v) is 4.01. The normalized spacial score (nSPS) is 18.5. The summed E-state index contributed by atoms with van der Waals surface area (Å²) in [5.41, 5.74) is 3.61. The third-order valence-electron chi connectivity index (χ3n) is 5.34. The molecule has 144 valence electrons. The summed E-state index contributed by atoms with van der Waals surface area (Å²) in [5, 5.41) is 2.35. The zero-order chi connectivity index (χ0) is 20.0. The lowest BCUT2D eigenvalue weighted by molar-refractivity contribution is 0.289. The van der Waals surface area contributed by atoms with Crippen LogP contribution in [0.25, 0.3) is 11.1 Å². The second-order valence-corrected chi connectivity index (χ2v) is 8.95. The van der Waals surface area contributed by atoms with E-state index in [2.05, 4.69) is 77.3 Å². The van der Waals surface area contributed by atoms with E-state index >= 15 is 0 Å². The summed E-state index contributed by atoms with van der Waals surface area (Å²) in [6.45, 7) is 16.4. The maximum Gasteiger partial charge on any atom is 0.211 e. The Hall–Kier alpha value is -2.29. The summed E-state index contributed by atoms with van der Waals surface area (Å²) < 4.78 is 14.0. The summed E-state index contributed by atoms with van der Waals surface area (Å²) in [6.07, 6.45) is 8.23. The van der Waals surface area contributed by atoms with E-state index in [0.717, 1.165) is 28.8 Å². The van der Waals surface area contributed by atoms with Gasteiger partial charge in [-0.25, -0.2) is 4.58 Å². The predicted molar refractivity (Wildman–Crippen MR) is 113 cm³/mol. The molecule has 0 fully saturated rings. The fraction of sp³-hybridized carbons (Fsp3) is 0.458. The van der Waals surface area contributed by atoms with E-state index in [1.807, 2.05) is 6.08 Å². The molecule has 0 atom stereocenters. The summed E-state index contributed by atoms with van der Waals surface area (Å²) >= 11 is 0. The average molecular weight is 367 g/mol. The molecule has 1 aromatic carbocycles. The van der Waals surface area contributed by atoms with Crippen molar-refractivity contribution in [1.29, 1.82) is 0 Å². The van der Waals surface area contributed by atoms with Crippen LogP contribution in [-0.2, 0) is 4.74 Å². The smallest absolute Gasteiger partial charge is 0.211 e. The number of likely N-dealkylation sites (N-methyl/N-ethyl adjacent to an activating group) is 1. The predicted octanol–water partition coefficient (Wildman–Crippen LogP) is 4.03. The van der Waals surface area contributed by atoms with Crippen molar-refractivity contribution in [3.63, 3.8) is 0 Å². The van der Waals surface area contributed by atoms with Crippen LogP contribution in [0.5, 0.6) is 5.75 Å². The van der Waals surface area contributed by atoms with Crippen LogP contribution >= 0.6 is 0 Å². The molecule has 2 aliphatic heterocycles. The SMILES string of the molecule is CC[N+]1=c2cc3c(cc2C(C)=CC1(C)C)=C(/C=C/OC)C=C(C(C)(C)C)O3. The van der Waals surface area contributed by atoms with Crippen molar-refractivity contribution in [1.82, 2.24) is 4.58 Å². The van der Waals surface area contributed by atoms with Gasteiger partial charge in [0.2, 0.25) is 5.36 Å². The van der Waals surface area contributed by atoms with Gasteiger partial charge in [0.25, 0.3) is 0 Å². The number of hydrogen-bond donors (Lipinski definition) is 0. The number of methoxy groups -OCH3 is 1. The first-order valence-electron chi connectivity index (χ1n) is 9.70. The molecule has 0 saturated carbocycles. The van der Waals surface area contributed by atoms with Gasteiger partial charge >= 0.3 is 0 Å². The lowest BCUT2D eigenvalue weighted by atomic mass is 9.89. The van der Waals surface area contributed by atoms with Crippen LogP contribution in [0.4, 0.5) is 0 Å². The van der Waals surface area contributed by atoms with Gasteiger partial charge in [0.05, 0.1) is 19.4 Å². The number of rotatable bonds is 3. The van der Waals surface area contributed by atoms with Crippen LogP contribution in [0, 0.1) is 5.41 Å². The number of nitrogens with zero attached hydrogens (tertiary/aromatic N) is 1. The zero-order valence-electron chi connectivity index (χ0n) is 17.9. The Morgan fingerprint density at radius 3 is 2.52 bits per heavy atom. The van der Waals surface area contributed by atoms with Crippen molar-refractivity contribution in [3.05, 3.63) is 58.5 Å². The molecule has 0 aromatic heterocycles. The maximum absolute atomic E-state index is 6.39. The molecule has 3 nitrogen and oxygen atoms in total. The number of fused-ring (bicyclic) bond motifs is 2. The summed E-state index contributed by atoms with van der Waals surface area (Å²) in [6, 6.07) is 4.48. The van der Waals surface area contributed by atoms with Crippen LogP contribution in [0.1, 0.15) is 54.0 Å². The van der Waals surface area contributed by atoms with E-state index in [1.54, 1.807) is 13.4 Å². The average Bonchev–Trinajstić information content (AvgIpc) is 2.57. The second-order valence-electron chi connectivity index (χ2n) is 8.95. The molecule has 0 spiro atoms. The molecule has 3 heteroatoms. The van der Waals surface area contributed by atoms with Crippen molar-refractivity contribution >= 4 is 11.1 Å². The number of benzene rings is 1. The standard InChI is InChI=1S/C24H32NO2/c1-9-25-20-14-21-19(13-18(20)16(2)15-24(25,6)7)17(10-11-26-8)12-22(27-21)23(3,4)5/h10-15H,9H2,1-8H3/q+1/b11-10+. The molecule has 0 bridgehead atoms. The van der Waals surface area contributed by atoms with Crippen LogP contribution in [0.2, 0.25) is 0 Å². The molecule has 0 aliphatic carbocycles. The Balaban J connectivity index is 2.39. The summed E-state index contributed by atoms with van der Waals surface area (Å²) in [7, 11) is 1.67. The van der Waals surface area contributed by atoms with Gasteiger partial charge in [-0.15, -0.1) is 0 Å². The molecule has 2 heterocycles. The topological polar surface area (TPSA) is 21.5 Å². The highest BCUT2D eigenvalue weighted by Crippen LogP contribution is 2.32. The number of ether oxygens (including phenoxy) is 2. The van der Waals surface area contributed by atoms with Gasteiger partial charge in [-0.2, -0.15) is 0 Å². The highest BCUT2D eigenvalue weighted by Gasteiger charge is 2.33. The first-order chi connectivity index (χ1) is 12.6. The van der Waals surface area contributed by atoms with E-state index in [0.29, 0.717) is 0 Å². The maximum atomic E-state index is 6.39. The van der Waals surface area contributed by atoms with E-state index < -0.39 is 0 Å². The molecule has 3 rings (SSSR count). The third kappa shape index (κ3) is 3.47. The Kier molecular flexibility index (Phi) is 4.83. The number of allylic oxidation sites excluding steroid dienone is 4. The summed E-state index contributed by atoms with van der Waals surface area (Å²) in [5.74, 6) is 1.89. The van der Waals surface area contributed by atoms with Crippen LogP contribution in [0.3, 0.4) is 0 Å². The molecule has 0 unspecified atom stereocenters. The van der Waals surface area contributed by atoms with Gasteiger partial charge in [0.15, 0.2) is 5.54 Å². The lowest BCUT2D eigenvalue weighted by Crippen LogP contribution is -2.49. The van der Waals surface area contributed by atoms with Gasteiger partial charge in [-0.1, -0.05) is 20.8 Å². The monoisotopic (exact) mass is 366 g/mol. The van der Waals surface area contributed by atoms with E-state index in [-0.39, 0.29) is 11.0 Å². The highest BCUT2D eigenvalue weighted by atomic mass is 16.5. The molecule has 0 N–H and O–H groups in total. The van der Waals surface area contributed by atoms with E-state index in [4.69, 9.17) is 9.47 Å². The molecule has 27 heavy (non-hydrogen) atoms. The second kappa shape index (κ2) is 6.70. The molecule has 0 radical (unpaired) electrons. The quantitative estimate of drug-likeness (QED) is 0.595. The van der Waals surface area contributed by atoms with Gasteiger partial charge < -0.3 is 9.47 Å². The van der Waals surface area contributed by atoms with Crippen LogP contribution < -0.4 is 19.9 Å². The van der Waals surface area contributed by atoms with Crippen molar-refractivity contribution in [2.24, 2.45) is 5.41 Å². The van der Waals surface area contributed by atoms with Crippen molar-refractivity contribution < 1.29 is 9.47 Å². The van der Waals surface area contributed by atoms with Gasteiger partial charge in [-0.3, -0.25) is 0 Å². The molecule has 0 saturated heterocycles. The highest BCUT2D eigenvalue weighted by molar-refractivity contribution is 5.74. The first kappa shape index (κ1) is 19.5. The van der Waals surface area contributed by atoms with Crippen molar-refractivity contribution in [3.8, 4) is 5.75 Å². The molecular weight excluding hydrogens is 334 g/mol. The third-order valence-corrected chi connectivity index (χ3v) is 5.34. The molecule has 1 aromatic rings. The first-order valence-corrected chi connectivity index (χ1v) is 9.70. The molecular formula is C24H32NO2+. The minimum atomic E-state index is -0.0702.